The molecule has 1 aromatic heterocycles. The molecule has 0 aliphatic carbocycles. The van der Waals surface area contributed by atoms with Crippen molar-refractivity contribution in [1.29, 1.82) is 0 Å². The summed E-state index contributed by atoms with van der Waals surface area (Å²) in [5.74, 6) is -0.936. The standard InChI is InChI=1S/C29H35NO11/c1-4-5-6-7-12-30-28(36)27-24(34)23(33)25(35)29(41-27)40-20-14-19-21(22(32)26(20)38-3)17(31)13-18(39-19)15-8-10-16(37-2)11-9-15/h8-11,13-14,23-25,27,29,32-35H,4-7,12H2,1-3H3,(H,30,36). The monoisotopic (exact) mass is 573 g/mol. The summed E-state index contributed by atoms with van der Waals surface area (Å²) in [6, 6.07) is 9.26. The molecule has 12 heteroatoms. The van der Waals surface area contributed by atoms with Crippen LogP contribution < -0.4 is 25.0 Å². The molecule has 12 nitrogen and oxygen atoms in total. The minimum Gasteiger partial charge on any atom is -0.504 e. The number of phenolic OH excluding ortho intramolecular Hbond substituents is 1. The first kappa shape index (κ1) is 30.1. The van der Waals surface area contributed by atoms with Gasteiger partial charge in [-0.1, -0.05) is 26.2 Å². The summed E-state index contributed by atoms with van der Waals surface area (Å²) in [4.78, 5) is 25.7. The van der Waals surface area contributed by atoms with Gasteiger partial charge in [-0.05, 0) is 30.7 Å². The maximum atomic E-state index is 13.0. The fourth-order valence-electron chi connectivity index (χ4n) is 4.59. The summed E-state index contributed by atoms with van der Waals surface area (Å²) < 4.78 is 27.7. The molecular formula is C29H35NO11. The molecule has 0 radical (unpaired) electrons. The van der Waals surface area contributed by atoms with Crippen molar-refractivity contribution in [1.82, 2.24) is 5.32 Å². The van der Waals surface area contributed by atoms with Gasteiger partial charge in [-0.2, -0.15) is 0 Å². The minimum atomic E-state index is -1.79. The van der Waals surface area contributed by atoms with Gasteiger partial charge in [0.1, 0.15) is 40.8 Å². The minimum absolute atomic E-state index is 0.0659. The Balaban J connectivity index is 1.63. The smallest absolute Gasteiger partial charge is 0.252 e. The van der Waals surface area contributed by atoms with Gasteiger partial charge in [-0.15, -0.1) is 0 Å². The SMILES string of the molecule is CCCCCCNC(=O)C1OC(Oc2cc3oc(-c4ccc(OC)cc4)cc(=O)c3c(O)c2OC)C(O)C(O)C1O. The number of phenols is 1. The maximum absolute atomic E-state index is 13.0. The van der Waals surface area contributed by atoms with Crippen molar-refractivity contribution in [2.24, 2.45) is 0 Å². The lowest BCUT2D eigenvalue weighted by Crippen LogP contribution is -2.62. The zero-order valence-corrected chi connectivity index (χ0v) is 23.0. The van der Waals surface area contributed by atoms with E-state index in [1.54, 1.807) is 24.3 Å². The van der Waals surface area contributed by atoms with Gasteiger partial charge in [0, 0.05) is 24.2 Å². The van der Waals surface area contributed by atoms with Crippen molar-refractivity contribution in [2.75, 3.05) is 20.8 Å². The van der Waals surface area contributed by atoms with E-state index >= 15 is 0 Å². The number of nitrogens with one attached hydrogen (secondary N) is 1. The number of hydrogen-bond donors (Lipinski definition) is 5. The first-order valence-corrected chi connectivity index (χ1v) is 13.4. The Morgan fingerprint density at radius 3 is 2.37 bits per heavy atom. The van der Waals surface area contributed by atoms with E-state index in [2.05, 4.69) is 12.2 Å². The van der Waals surface area contributed by atoms with Crippen LogP contribution in [-0.4, -0.2) is 77.8 Å². The molecule has 3 aromatic rings. The summed E-state index contributed by atoms with van der Waals surface area (Å²) in [6.45, 7) is 2.41. The second-order valence-corrected chi connectivity index (χ2v) is 9.70. The average molecular weight is 574 g/mol. The van der Waals surface area contributed by atoms with Gasteiger partial charge >= 0.3 is 0 Å². The van der Waals surface area contributed by atoms with Gasteiger partial charge in [0.15, 0.2) is 23.0 Å². The van der Waals surface area contributed by atoms with E-state index in [1.807, 2.05) is 0 Å². The summed E-state index contributed by atoms with van der Waals surface area (Å²) in [7, 11) is 2.76. The molecule has 0 saturated carbocycles. The Labute approximate surface area is 236 Å². The Hall–Kier alpha value is -3.84. The number of hydrogen-bond acceptors (Lipinski definition) is 11. The molecule has 5 unspecified atom stereocenters. The molecule has 2 aromatic carbocycles. The highest BCUT2D eigenvalue weighted by molar-refractivity contribution is 5.89. The first-order chi connectivity index (χ1) is 19.7. The number of unbranched alkanes of at least 4 members (excludes halogenated alkanes) is 3. The zero-order chi connectivity index (χ0) is 29.7. The van der Waals surface area contributed by atoms with Crippen molar-refractivity contribution in [3.05, 3.63) is 46.6 Å². The summed E-state index contributed by atoms with van der Waals surface area (Å²) in [5.41, 5.74) is -0.0549. The number of rotatable bonds is 11. The number of aliphatic hydroxyl groups is 3. The van der Waals surface area contributed by atoms with Gasteiger partial charge in [-0.25, -0.2) is 0 Å². The molecule has 1 saturated heterocycles. The van der Waals surface area contributed by atoms with Crippen LogP contribution in [0.1, 0.15) is 32.6 Å². The molecule has 1 aliphatic rings. The highest BCUT2D eigenvalue weighted by Crippen LogP contribution is 2.43. The van der Waals surface area contributed by atoms with Gasteiger partial charge in [-0.3, -0.25) is 9.59 Å². The number of ether oxygens (including phenoxy) is 4. The van der Waals surface area contributed by atoms with E-state index < -0.39 is 47.8 Å². The fourth-order valence-corrected chi connectivity index (χ4v) is 4.59. The highest BCUT2D eigenvalue weighted by Gasteiger charge is 2.48. The van der Waals surface area contributed by atoms with Crippen LogP contribution in [0.5, 0.6) is 23.0 Å². The van der Waals surface area contributed by atoms with Gasteiger partial charge < -0.3 is 49.1 Å². The molecule has 41 heavy (non-hydrogen) atoms. The third-order valence-corrected chi connectivity index (χ3v) is 6.89. The average Bonchev–Trinajstić information content (AvgIpc) is 2.97. The molecule has 1 fully saturated rings. The normalized spacial score (nSPS) is 22.3. The molecular weight excluding hydrogens is 538 g/mol. The molecule has 0 spiro atoms. The topological polar surface area (TPSA) is 177 Å². The number of amides is 1. The summed E-state index contributed by atoms with van der Waals surface area (Å²) in [5, 5.41) is 44.8. The third kappa shape index (κ3) is 6.41. The number of carbonyl (C=O) groups excluding carboxylic acids is 1. The van der Waals surface area contributed by atoms with E-state index in [4.69, 9.17) is 23.4 Å². The molecule has 1 amide bonds. The van der Waals surface area contributed by atoms with E-state index in [9.17, 15) is 30.0 Å². The third-order valence-electron chi connectivity index (χ3n) is 6.89. The Bertz CT molecular complexity index is 1400. The number of benzene rings is 2. The van der Waals surface area contributed by atoms with Crippen LogP contribution in [0, 0.1) is 0 Å². The number of fused-ring (bicyclic) bond motifs is 1. The largest absolute Gasteiger partial charge is 0.504 e. The first-order valence-electron chi connectivity index (χ1n) is 13.4. The lowest BCUT2D eigenvalue weighted by atomic mass is 9.98. The molecule has 5 N–H and O–H groups in total. The van der Waals surface area contributed by atoms with Crippen LogP contribution in [0.2, 0.25) is 0 Å². The predicted molar refractivity (Wildman–Crippen MR) is 147 cm³/mol. The zero-order valence-electron chi connectivity index (χ0n) is 23.0. The predicted octanol–water partition coefficient (Wildman–Crippen LogP) is 2.07. The Morgan fingerprint density at radius 2 is 1.71 bits per heavy atom. The summed E-state index contributed by atoms with van der Waals surface area (Å²) in [6.07, 6.45) is -4.82. The molecule has 2 heterocycles. The van der Waals surface area contributed by atoms with Gasteiger partial charge in [0.05, 0.1) is 14.2 Å². The van der Waals surface area contributed by atoms with Crippen molar-refractivity contribution >= 4 is 16.9 Å². The summed E-state index contributed by atoms with van der Waals surface area (Å²) >= 11 is 0. The van der Waals surface area contributed by atoms with Gasteiger partial charge in [0.2, 0.25) is 12.0 Å². The Kier molecular flexibility index (Phi) is 9.71. The van der Waals surface area contributed by atoms with E-state index in [1.165, 1.54) is 26.4 Å². The number of carbonyl (C=O) groups is 1. The van der Waals surface area contributed by atoms with Crippen LogP contribution in [0.15, 0.2) is 45.6 Å². The number of aliphatic hydroxyl groups excluding tert-OH is 3. The lowest BCUT2D eigenvalue weighted by Gasteiger charge is -2.39. The van der Waals surface area contributed by atoms with Crippen LogP contribution in [0.3, 0.4) is 0 Å². The van der Waals surface area contributed by atoms with Crippen LogP contribution >= 0.6 is 0 Å². The van der Waals surface area contributed by atoms with Crippen molar-refractivity contribution in [2.45, 2.75) is 63.3 Å². The maximum Gasteiger partial charge on any atom is 0.252 e. The molecule has 222 valence electrons. The van der Waals surface area contributed by atoms with E-state index in [0.29, 0.717) is 17.9 Å². The second-order valence-electron chi connectivity index (χ2n) is 9.70. The van der Waals surface area contributed by atoms with Crippen LogP contribution in [-0.2, 0) is 9.53 Å². The fraction of sp³-hybridized carbons (Fsp3) is 0.448. The van der Waals surface area contributed by atoms with Crippen molar-refractivity contribution in [3.63, 3.8) is 0 Å². The van der Waals surface area contributed by atoms with Crippen LogP contribution in [0.4, 0.5) is 0 Å². The Morgan fingerprint density at radius 1 is 0.976 bits per heavy atom. The lowest BCUT2D eigenvalue weighted by molar-refractivity contribution is -0.267. The quantitative estimate of drug-likeness (QED) is 0.212. The highest BCUT2D eigenvalue weighted by atomic mass is 16.7. The van der Waals surface area contributed by atoms with Gasteiger partial charge in [0.25, 0.3) is 5.91 Å². The molecule has 0 bridgehead atoms. The number of aromatic hydroxyl groups is 1. The van der Waals surface area contributed by atoms with E-state index in [-0.39, 0.29) is 28.2 Å². The molecule has 1 aliphatic heterocycles. The second kappa shape index (κ2) is 13.2. The number of methoxy groups -OCH3 is 2. The molecule has 5 atom stereocenters. The van der Waals surface area contributed by atoms with Crippen molar-refractivity contribution in [3.8, 4) is 34.3 Å². The van der Waals surface area contributed by atoms with Crippen LogP contribution in [0.25, 0.3) is 22.3 Å². The van der Waals surface area contributed by atoms with E-state index in [0.717, 1.165) is 25.7 Å². The molecule has 4 rings (SSSR count). The van der Waals surface area contributed by atoms with Crippen molar-refractivity contribution < 1.29 is 48.6 Å².